The molecule has 1 fully saturated rings. The minimum atomic E-state index is -4.47. The van der Waals surface area contributed by atoms with Crippen LogP contribution in [0.1, 0.15) is 37.0 Å². The van der Waals surface area contributed by atoms with Crippen molar-refractivity contribution in [2.45, 2.75) is 38.9 Å². The van der Waals surface area contributed by atoms with Gasteiger partial charge in [0, 0.05) is 24.8 Å². The van der Waals surface area contributed by atoms with E-state index in [0.29, 0.717) is 50.8 Å². The van der Waals surface area contributed by atoms with Crippen LogP contribution in [0.3, 0.4) is 0 Å². The number of nitrogens with zero attached hydrogens (tertiary/aromatic N) is 1. The maximum atomic E-state index is 13.0. The zero-order chi connectivity index (χ0) is 19.2. The number of rotatable bonds is 7. The Morgan fingerprint density at radius 1 is 1.15 bits per heavy atom. The summed E-state index contributed by atoms with van der Waals surface area (Å²) in [5.41, 5.74) is 0.146. The van der Waals surface area contributed by atoms with Crippen LogP contribution in [0, 0.1) is 0 Å². The van der Waals surface area contributed by atoms with Gasteiger partial charge in [-0.05, 0) is 44.9 Å². The van der Waals surface area contributed by atoms with Gasteiger partial charge in [0.25, 0.3) is 5.91 Å². The average Bonchev–Trinajstić information content (AvgIpc) is 2.61. The summed E-state index contributed by atoms with van der Waals surface area (Å²) in [5, 5.41) is 0. The summed E-state index contributed by atoms with van der Waals surface area (Å²) in [7, 11) is 0. The van der Waals surface area contributed by atoms with E-state index in [0.717, 1.165) is 4.90 Å². The number of ether oxygens (including phenoxy) is 3. The second-order valence-corrected chi connectivity index (χ2v) is 5.92. The van der Waals surface area contributed by atoms with Gasteiger partial charge in [0.15, 0.2) is 11.5 Å². The summed E-state index contributed by atoms with van der Waals surface area (Å²) < 4.78 is 55.2. The Morgan fingerprint density at radius 3 is 2.35 bits per heavy atom. The fourth-order valence-corrected chi connectivity index (χ4v) is 2.91. The Balaban J connectivity index is 2.29. The van der Waals surface area contributed by atoms with Crippen molar-refractivity contribution in [2.75, 3.05) is 33.0 Å². The van der Waals surface area contributed by atoms with Crippen LogP contribution in [-0.4, -0.2) is 56.0 Å². The summed E-state index contributed by atoms with van der Waals surface area (Å²) in [6.07, 6.45) is -3.70. The quantitative estimate of drug-likeness (QED) is 0.730. The third-order valence-corrected chi connectivity index (χ3v) is 4.03. The van der Waals surface area contributed by atoms with Gasteiger partial charge < -0.3 is 19.1 Å². The molecule has 5 nitrogen and oxygen atoms in total. The normalized spacial score (nSPS) is 15.6. The van der Waals surface area contributed by atoms with Gasteiger partial charge in [-0.1, -0.05) is 0 Å². The fraction of sp³-hybridized carbons (Fsp3) is 0.611. The monoisotopic (exact) mass is 375 g/mol. The third kappa shape index (κ3) is 5.52. The highest BCUT2D eigenvalue weighted by Crippen LogP contribution is 2.30. The first-order valence-electron chi connectivity index (χ1n) is 8.70. The Hall–Kier alpha value is -1.96. The highest BCUT2D eigenvalue weighted by molar-refractivity contribution is 5.95. The van der Waals surface area contributed by atoms with Gasteiger partial charge in [-0.3, -0.25) is 4.79 Å². The van der Waals surface area contributed by atoms with E-state index in [-0.39, 0.29) is 5.56 Å². The van der Waals surface area contributed by atoms with E-state index in [1.165, 1.54) is 12.1 Å². The van der Waals surface area contributed by atoms with Gasteiger partial charge in [-0.2, -0.15) is 13.2 Å². The van der Waals surface area contributed by atoms with Crippen LogP contribution in [0.15, 0.2) is 18.2 Å². The molecule has 146 valence electrons. The lowest BCUT2D eigenvalue weighted by atomic mass is 10.0. The highest BCUT2D eigenvalue weighted by atomic mass is 19.4. The molecule has 1 aliphatic heterocycles. The second kappa shape index (κ2) is 9.12. The van der Waals surface area contributed by atoms with Crippen LogP contribution in [0.25, 0.3) is 0 Å². The van der Waals surface area contributed by atoms with Crippen molar-refractivity contribution in [3.05, 3.63) is 23.8 Å². The first-order valence-corrected chi connectivity index (χ1v) is 8.70. The van der Waals surface area contributed by atoms with E-state index < -0.39 is 24.7 Å². The van der Waals surface area contributed by atoms with E-state index in [1.54, 1.807) is 13.0 Å². The fourth-order valence-electron chi connectivity index (χ4n) is 2.91. The van der Waals surface area contributed by atoms with Crippen molar-refractivity contribution >= 4 is 5.91 Å². The molecule has 1 aliphatic rings. The molecular weight excluding hydrogens is 351 g/mol. The Morgan fingerprint density at radius 2 is 1.77 bits per heavy atom. The molecule has 0 radical (unpaired) electrons. The number of halogens is 3. The SMILES string of the molecule is CCOc1ccc(C(=O)N(CC(F)(F)F)C2CCOCC2)cc1OCC. The molecule has 0 aliphatic carbocycles. The highest BCUT2D eigenvalue weighted by Gasteiger charge is 2.37. The Kier molecular flexibility index (Phi) is 7.14. The topological polar surface area (TPSA) is 48.0 Å². The summed E-state index contributed by atoms with van der Waals surface area (Å²) in [6, 6.07) is 3.97. The van der Waals surface area contributed by atoms with Gasteiger partial charge in [-0.25, -0.2) is 0 Å². The van der Waals surface area contributed by atoms with Gasteiger partial charge in [0.2, 0.25) is 0 Å². The van der Waals surface area contributed by atoms with Crippen molar-refractivity contribution in [1.29, 1.82) is 0 Å². The summed E-state index contributed by atoms with van der Waals surface area (Å²) in [5.74, 6) is 0.136. The molecule has 26 heavy (non-hydrogen) atoms. The Bertz CT molecular complexity index is 601. The molecule has 0 saturated carbocycles. The average molecular weight is 375 g/mol. The van der Waals surface area contributed by atoms with Gasteiger partial charge >= 0.3 is 6.18 Å². The number of carbonyl (C=O) groups excluding carboxylic acids is 1. The van der Waals surface area contributed by atoms with Crippen molar-refractivity contribution < 1.29 is 32.2 Å². The number of alkyl halides is 3. The van der Waals surface area contributed by atoms with Crippen LogP contribution in [0.4, 0.5) is 13.2 Å². The second-order valence-electron chi connectivity index (χ2n) is 5.92. The van der Waals surface area contributed by atoms with E-state index >= 15 is 0 Å². The molecule has 1 aromatic rings. The number of benzene rings is 1. The predicted octanol–water partition coefficient (Wildman–Crippen LogP) is 3.67. The molecule has 1 amide bonds. The lowest BCUT2D eigenvalue weighted by Gasteiger charge is -2.35. The minimum Gasteiger partial charge on any atom is -0.490 e. The van der Waals surface area contributed by atoms with E-state index in [2.05, 4.69) is 0 Å². The predicted molar refractivity (Wildman–Crippen MR) is 89.7 cm³/mol. The number of amides is 1. The zero-order valence-electron chi connectivity index (χ0n) is 15.0. The van der Waals surface area contributed by atoms with Gasteiger partial charge in [-0.15, -0.1) is 0 Å². The standard InChI is InChI=1S/C18H24F3NO4/c1-3-25-15-6-5-13(11-16(15)26-4-2)17(23)22(12-18(19,20)21)14-7-9-24-10-8-14/h5-6,11,14H,3-4,7-10,12H2,1-2H3. The van der Waals surface area contributed by atoms with Crippen LogP contribution in [0.2, 0.25) is 0 Å². The van der Waals surface area contributed by atoms with Crippen LogP contribution in [0.5, 0.6) is 11.5 Å². The van der Waals surface area contributed by atoms with E-state index in [4.69, 9.17) is 14.2 Å². The van der Waals surface area contributed by atoms with Crippen LogP contribution < -0.4 is 9.47 Å². The summed E-state index contributed by atoms with van der Waals surface area (Å²) >= 11 is 0. The molecule has 2 rings (SSSR count). The Labute approximate surface area is 151 Å². The van der Waals surface area contributed by atoms with Gasteiger partial charge in [0.1, 0.15) is 6.54 Å². The number of hydrogen-bond donors (Lipinski definition) is 0. The molecule has 0 atom stereocenters. The maximum Gasteiger partial charge on any atom is 0.406 e. The minimum absolute atomic E-state index is 0.146. The third-order valence-electron chi connectivity index (χ3n) is 4.03. The lowest BCUT2D eigenvalue weighted by Crippen LogP contribution is -2.47. The van der Waals surface area contributed by atoms with E-state index in [1.807, 2.05) is 6.92 Å². The molecule has 1 saturated heterocycles. The molecular formula is C18H24F3NO4. The number of hydrogen-bond acceptors (Lipinski definition) is 4. The molecule has 1 heterocycles. The molecule has 0 aromatic heterocycles. The summed E-state index contributed by atoms with van der Waals surface area (Å²) in [4.78, 5) is 13.7. The molecule has 0 unspecified atom stereocenters. The van der Waals surface area contributed by atoms with Crippen LogP contribution >= 0.6 is 0 Å². The van der Waals surface area contributed by atoms with Crippen molar-refractivity contribution in [2.24, 2.45) is 0 Å². The van der Waals surface area contributed by atoms with Crippen molar-refractivity contribution in [1.82, 2.24) is 4.90 Å². The maximum absolute atomic E-state index is 13.0. The van der Waals surface area contributed by atoms with Gasteiger partial charge in [0.05, 0.1) is 13.2 Å². The smallest absolute Gasteiger partial charge is 0.406 e. The first kappa shape index (κ1) is 20.4. The molecule has 1 aromatic carbocycles. The lowest BCUT2D eigenvalue weighted by molar-refractivity contribution is -0.147. The van der Waals surface area contributed by atoms with Crippen molar-refractivity contribution in [3.8, 4) is 11.5 Å². The molecule has 0 bridgehead atoms. The van der Waals surface area contributed by atoms with Crippen molar-refractivity contribution in [3.63, 3.8) is 0 Å². The summed E-state index contributed by atoms with van der Waals surface area (Å²) in [6.45, 7) is 3.76. The zero-order valence-corrected chi connectivity index (χ0v) is 15.0. The molecule has 8 heteroatoms. The number of carbonyl (C=O) groups is 1. The van der Waals surface area contributed by atoms with Crippen LogP contribution in [-0.2, 0) is 4.74 Å². The first-order chi connectivity index (χ1) is 12.4. The largest absolute Gasteiger partial charge is 0.490 e. The molecule has 0 spiro atoms. The molecule has 0 N–H and O–H groups in total. The van der Waals surface area contributed by atoms with E-state index in [9.17, 15) is 18.0 Å².